The summed E-state index contributed by atoms with van der Waals surface area (Å²) in [4.78, 5) is 39.0. The Morgan fingerprint density at radius 1 is 1.07 bits per heavy atom. The lowest BCUT2D eigenvalue weighted by atomic mass is 10.1. The quantitative estimate of drug-likeness (QED) is 0.677. The summed E-state index contributed by atoms with van der Waals surface area (Å²) >= 11 is 0. The zero-order chi connectivity index (χ0) is 21.4. The van der Waals surface area contributed by atoms with Gasteiger partial charge in [-0.2, -0.15) is 13.2 Å². The number of hydrogen-bond acceptors (Lipinski definition) is 6. The van der Waals surface area contributed by atoms with Crippen molar-refractivity contribution >= 4 is 23.5 Å². The van der Waals surface area contributed by atoms with Crippen molar-refractivity contribution in [3.05, 3.63) is 53.7 Å². The molecule has 2 rings (SSSR count). The number of nitrogens with zero attached hydrogens (tertiary/aromatic N) is 1. The number of anilines is 1. The summed E-state index contributed by atoms with van der Waals surface area (Å²) in [6.07, 6.45) is -3.43. The number of carbonyl (C=O) groups is 3. The zero-order valence-corrected chi connectivity index (χ0v) is 15.1. The van der Waals surface area contributed by atoms with Crippen LogP contribution < -0.4 is 15.4 Å². The van der Waals surface area contributed by atoms with E-state index >= 15 is 0 Å². The molecule has 0 atom stereocenters. The summed E-state index contributed by atoms with van der Waals surface area (Å²) < 4.78 is 45.2. The van der Waals surface area contributed by atoms with E-state index in [0.717, 1.165) is 12.3 Å². The van der Waals surface area contributed by atoms with Crippen LogP contribution in [0.3, 0.4) is 0 Å². The monoisotopic (exact) mass is 411 g/mol. The maximum Gasteiger partial charge on any atom is 0.422 e. The van der Waals surface area contributed by atoms with Crippen molar-refractivity contribution in [2.75, 3.05) is 25.6 Å². The molecule has 11 heteroatoms. The predicted octanol–water partition coefficient (Wildman–Crippen LogP) is 2.18. The van der Waals surface area contributed by atoms with Crippen LogP contribution in [0.1, 0.15) is 20.7 Å². The Bertz CT molecular complexity index is 885. The molecule has 1 aromatic heterocycles. The first-order valence-electron chi connectivity index (χ1n) is 8.10. The number of nitrogens with one attached hydrogen (secondary N) is 2. The number of alkyl halides is 3. The first kappa shape index (κ1) is 21.7. The maximum atomic E-state index is 12.2. The smallest absolute Gasteiger partial charge is 0.422 e. The Balaban J connectivity index is 1.98. The highest BCUT2D eigenvalue weighted by atomic mass is 19.4. The van der Waals surface area contributed by atoms with Gasteiger partial charge in [0.2, 0.25) is 5.88 Å². The Kier molecular flexibility index (Phi) is 7.12. The third-order valence-electron chi connectivity index (χ3n) is 3.39. The molecule has 0 aliphatic heterocycles. The number of aromatic nitrogens is 1. The molecule has 0 radical (unpaired) electrons. The molecule has 154 valence electrons. The summed E-state index contributed by atoms with van der Waals surface area (Å²) in [5, 5.41) is 4.89. The minimum absolute atomic E-state index is 0.0740. The SMILES string of the molecule is COC(=O)CNC(=O)c1cccc(NC(=O)c2ccc(OCC(F)(F)F)nc2)c1. The number of esters is 1. The molecule has 29 heavy (non-hydrogen) atoms. The van der Waals surface area contributed by atoms with Crippen molar-refractivity contribution in [2.45, 2.75) is 6.18 Å². The molecule has 0 spiro atoms. The van der Waals surface area contributed by atoms with Gasteiger partial charge in [-0.25, -0.2) is 4.98 Å². The molecular weight excluding hydrogens is 395 g/mol. The summed E-state index contributed by atoms with van der Waals surface area (Å²) in [6, 6.07) is 8.31. The molecule has 0 bridgehead atoms. The highest BCUT2D eigenvalue weighted by molar-refractivity contribution is 6.05. The number of rotatable bonds is 7. The molecule has 0 saturated heterocycles. The minimum Gasteiger partial charge on any atom is -0.468 e. The molecule has 2 aromatic rings. The number of methoxy groups -OCH3 is 1. The van der Waals surface area contributed by atoms with E-state index in [-0.39, 0.29) is 29.2 Å². The third-order valence-corrected chi connectivity index (χ3v) is 3.39. The molecule has 0 unspecified atom stereocenters. The number of pyridine rings is 1. The van der Waals surface area contributed by atoms with Gasteiger partial charge in [-0.3, -0.25) is 14.4 Å². The van der Waals surface area contributed by atoms with Gasteiger partial charge in [-0.05, 0) is 24.3 Å². The van der Waals surface area contributed by atoms with Gasteiger partial charge >= 0.3 is 12.1 Å². The first-order chi connectivity index (χ1) is 13.7. The van der Waals surface area contributed by atoms with Crippen LogP contribution >= 0.6 is 0 Å². The molecule has 8 nitrogen and oxygen atoms in total. The fourth-order valence-electron chi connectivity index (χ4n) is 2.02. The van der Waals surface area contributed by atoms with Gasteiger partial charge in [0.15, 0.2) is 6.61 Å². The van der Waals surface area contributed by atoms with E-state index in [9.17, 15) is 27.6 Å². The lowest BCUT2D eigenvalue weighted by Crippen LogP contribution is -2.30. The Hall–Kier alpha value is -3.63. The van der Waals surface area contributed by atoms with Gasteiger partial charge < -0.3 is 20.1 Å². The molecule has 2 N–H and O–H groups in total. The van der Waals surface area contributed by atoms with Gasteiger partial charge in [0.1, 0.15) is 6.54 Å². The zero-order valence-electron chi connectivity index (χ0n) is 15.1. The standard InChI is InChI=1S/C18H16F3N3O5/c1-28-15(25)9-23-16(26)11-3-2-4-13(7-11)24-17(27)12-5-6-14(22-8-12)29-10-18(19,20)21/h2-8H,9-10H2,1H3,(H,23,26)(H,24,27). The van der Waals surface area contributed by atoms with E-state index in [4.69, 9.17) is 0 Å². The molecular formula is C18H16F3N3O5. The average molecular weight is 411 g/mol. The summed E-state index contributed by atoms with van der Waals surface area (Å²) in [5.41, 5.74) is 0.559. The molecule has 0 aliphatic carbocycles. The number of halogens is 3. The van der Waals surface area contributed by atoms with Crippen molar-refractivity contribution in [1.29, 1.82) is 0 Å². The van der Waals surface area contributed by atoms with Crippen molar-refractivity contribution in [1.82, 2.24) is 10.3 Å². The van der Waals surface area contributed by atoms with Crippen LogP contribution in [0, 0.1) is 0 Å². The second kappa shape index (κ2) is 9.53. The lowest BCUT2D eigenvalue weighted by molar-refractivity contribution is -0.154. The summed E-state index contributed by atoms with van der Waals surface area (Å²) in [7, 11) is 1.19. The van der Waals surface area contributed by atoms with Gasteiger partial charge in [0.25, 0.3) is 11.8 Å². The summed E-state index contributed by atoms with van der Waals surface area (Å²) in [5.74, 6) is -2.02. The van der Waals surface area contributed by atoms with E-state index in [1.54, 1.807) is 0 Å². The number of amides is 2. The highest BCUT2D eigenvalue weighted by Crippen LogP contribution is 2.17. The van der Waals surface area contributed by atoms with Crippen LogP contribution in [0.2, 0.25) is 0 Å². The average Bonchev–Trinajstić information content (AvgIpc) is 2.70. The summed E-state index contributed by atoms with van der Waals surface area (Å²) in [6.45, 7) is -1.79. The van der Waals surface area contributed by atoms with Crippen LogP contribution in [0.25, 0.3) is 0 Å². The largest absolute Gasteiger partial charge is 0.468 e. The van der Waals surface area contributed by atoms with Crippen LogP contribution in [0.5, 0.6) is 5.88 Å². The second-order valence-corrected chi connectivity index (χ2v) is 5.58. The predicted molar refractivity (Wildman–Crippen MR) is 94.5 cm³/mol. The van der Waals surface area contributed by atoms with E-state index in [0.29, 0.717) is 0 Å². The number of benzene rings is 1. The second-order valence-electron chi connectivity index (χ2n) is 5.58. The van der Waals surface area contributed by atoms with Crippen LogP contribution in [-0.4, -0.2) is 49.2 Å². The van der Waals surface area contributed by atoms with E-state index in [2.05, 4.69) is 25.1 Å². The molecule has 2 amide bonds. The van der Waals surface area contributed by atoms with Crippen molar-refractivity contribution in [3.8, 4) is 5.88 Å². The van der Waals surface area contributed by atoms with E-state index < -0.39 is 30.6 Å². The van der Waals surface area contributed by atoms with Crippen LogP contribution in [-0.2, 0) is 9.53 Å². The molecule has 0 fully saturated rings. The van der Waals surface area contributed by atoms with Crippen molar-refractivity contribution in [3.63, 3.8) is 0 Å². The van der Waals surface area contributed by atoms with Gasteiger partial charge in [-0.15, -0.1) is 0 Å². The third kappa shape index (κ3) is 7.13. The van der Waals surface area contributed by atoms with E-state index in [1.165, 1.54) is 37.4 Å². The highest BCUT2D eigenvalue weighted by Gasteiger charge is 2.28. The molecule has 1 aromatic carbocycles. The lowest BCUT2D eigenvalue weighted by Gasteiger charge is -2.09. The van der Waals surface area contributed by atoms with Gasteiger partial charge in [0.05, 0.1) is 12.7 Å². The van der Waals surface area contributed by atoms with Crippen molar-refractivity contribution in [2.24, 2.45) is 0 Å². The Morgan fingerprint density at radius 3 is 2.45 bits per heavy atom. The van der Waals surface area contributed by atoms with E-state index in [1.807, 2.05) is 0 Å². The fourth-order valence-corrected chi connectivity index (χ4v) is 2.02. The fraction of sp³-hybridized carbons (Fsp3) is 0.222. The first-order valence-corrected chi connectivity index (χ1v) is 8.10. The number of hydrogen-bond donors (Lipinski definition) is 2. The molecule has 1 heterocycles. The Labute approximate surface area is 163 Å². The van der Waals surface area contributed by atoms with Crippen LogP contribution in [0.15, 0.2) is 42.6 Å². The van der Waals surface area contributed by atoms with Crippen LogP contribution in [0.4, 0.5) is 18.9 Å². The Morgan fingerprint density at radius 2 is 1.83 bits per heavy atom. The molecule has 0 saturated carbocycles. The van der Waals surface area contributed by atoms with Gasteiger partial charge in [0, 0.05) is 23.5 Å². The van der Waals surface area contributed by atoms with Crippen molar-refractivity contribution < 1.29 is 37.0 Å². The minimum atomic E-state index is -4.49. The number of carbonyl (C=O) groups excluding carboxylic acids is 3. The number of ether oxygens (including phenoxy) is 2. The normalized spacial score (nSPS) is 10.8. The topological polar surface area (TPSA) is 107 Å². The van der Waals surface area contributed by atoms with Gasteiger partial charge in [-0.1, -0.05) is 6.07 Å². The maximum absolute atomic E-state index is 12.2. The molecule has 0 aliphatic rings.